The Hall–Kier alpha value is -1.39. The zero-order chi connectivity index (χ0) is 15.6. The molecule has 0 saturated carbocycles. The molecule has 0 aliphatic rings. The van der Waals surface area contributed by atoms with Crippen LogP contribution in [0, 0.1) is 0 Å². The molecule has 118 valence electrons. The van der Waals surface area contributed by atoms with E-state index in [-0.39, 0.29) is 5.97 Å². The maximum absolute atomic E-state index is 11.4. The SMILES string of the molecule is CC(C)(C)OC(=O)CCOCCCOCc1ccccc1. The molecule has 21 heavy (non-hydrogen) atoms. The van der Waals surface area contributed by atoms with Gasteiger partial charge < -0.3 is 14.2 Å². The molecule has 0 N–H and O–H groups in total. The van der Waals surface area contributed by atoms with Crippen LogP contribution < -0.4 is 0 Å². The van der Waals surface area contributed by atoms with Crippen LogP contribution in [0.25, 0.3) is 0 Å². The molecular weight excluding hydrogens is 268 g/mol. The van der Waals surface area contributed by atoms with Gasteiger partial charge in [0.25, 0.3) is 0 Å². The third-order valence-corrected chi connectivity index (χ3v) is 2.56. The minimum Gasteiger partial charge on any atom is -0.460 e. The zero-order valence-electron chi connectivity index (χ0n) is 13.3. The Morgan fingerprint density at radius 3 is 2.33 bits per heavy atom. The standard InChI is InChI=1S/C17H26O4/c1-17(2,3)21-16(18)10-13-19-11-7-12-20-14-15-8-5-4-6-9-15/h4-6,8-9H,7,10-14H2,1-3H3. The molecule has 0 aromatic heterocycles. The van der Waals surface area contributed by atoms with E-state index < -0.39 is 5.60 Å². The van der Waals surface area contributed by atoms with Gasteiger partial charge in [-0.1, -0.05) is 30.3 Å². The van der Waals surface area contributed by atoms with E-state index in [2.05, 4.69) is 0 Å². The summed E-state index contributed by atoms with van der Waals surface area (Å²) in [5, 5.41) is 0. The Kier molecular flexibility index (Phi) is 8.01. The van der Waals surface area contributed by atoms with Crippen molar-refractivity contribution >= 4 is 5.97 Å². The smallest absolute Gasteiger partial charge is 0.308 e. The summed E-state index contributed by atoms with van der Waals surface area (Å²) < 4.78 is 16.1. The van der Waals surface area contributed by atoms with Crippen LogP contribution in [0.3, 0.4) is 0 Å². The maximum atomic E-state index is 11.4. The van der Waals surface area contributed by atoms with E-state index in [4.69, 9.17) is 14.2 Å². The van der Waals surface area contributed by atoms with Crippen LogP contribution in [0.4, 0.5) is 0 Å². The van der Waals surface area contributed by atoms with Gasteiger partial charge in [0.05, 0.1) is 19.6 Å². The monoisotopic (exact) mass is 294 g/mol. The molecule has 1 aromatic rings. The van der Waals surface area contributed by atoms with Crippen molar-refractivity contribution in [1.82, 2.24) is 0 Å². The van der Waals surface area contributed by atoms with Crippen LogP contribution in [0.1, 0.15) is 39.2 Å². The second-order valence-corrected chi connectivity index (χ2v) is 5.84. The summed E-state index contributed by atoms with van der Waals surface area (Å²) in [6.07, 6.45) is 1.11. The Balaban J connectivity index is 1.92. The highest BCUT2D eigenvalue weighted by molar-refractivity contribution is 5.69. The second-order valence-electron chi connectivity index (χ2n) is 5.84. The van der Waals surface area contributed by atoms with Crippen molar-refractivity contribution in [3.05, 3.63) is 35.9 Å². The van der Waals surface area contributed by atoms with E-state index >= 15 is 0 Å². The molecule has 0 atom stereocenters. The van der Waals surface area contributed by atoms with Crippen molar-refractivity contribution in [2.24, 2.45) is 0 Å². The molecule has 0 radical (unpaired) electrons. The van der Waals surface area contributed by atoms with Crippen molar-refractivity contribution < 1.29 is 19.0 Å². The van der Waals surface area contributed by atoms with Crippen LogP contribution in [0.15, 0.2) is 30.3 Å². The van der Waals surface area contributed by atoms with Crippen LogP contribution in [-0.2, 0) is 25.6 Å². The van der Waals surface area contributed by atoms with Crippen molar-refractivity contribution in [3.8, 4) is 0 Å². The Morgan fingerprint density at radius 2 is 1.67 bits per heavy atom. The number of benzene rings is 1. The lowest BCUT2D eigenvalue weighted by Crippen LogP contribution is -2.24. The van der Waals surface area contributed by atoms with Gasteiger partial charge in [-0.05, 0) is 32.8 Å². The number of esters is 1. The Morgan fingerprint density at radius 1 is 1.00 bits per heavy atom. The average molecular weight is 294 g/mol. The van der Waals surface area contributed by atoms with Gasteiger partial charge >= 0.3 is 5.97 Å². The summed E-state index contributed by atoms with van der Waals surface area (Å²) >= 11 is 0. The minimum atomic E-state index is -0.428. The lowest BCUT2D eigenvalue weighted by atomic mass is 10.2. The zero-order valence-corrected chi connectivity index (χ0v) is 13.3. The molecular formula is C17H26O4. The predicted molar refractivity (Wildman–Crippen MR) is 82.0 cm³/mol. The van der Waals surface area contributed by atoms with Crippen LogP contribution >= 0.6 is 0 Å². The molecule has 1 aromatic carbocycles. The number of ether oxygens (including phenoxy) is 3. The van der Waals surface area contributed by atoms with Crippen molar-refractivity contribution in [3.63, 3.8) is 0 Å². The number of carbonyl (C=O) groups is 1. The van der Waals surface area contributed by atoms with Gasteiger partial charge in [0.2, 0.25) is 0 Å². The first-order valence-corrected chi connectivity index (χ1v) is 7.38. The van der Waals surface area contributed by atoms with Crippen molar-refractivity contribution in [2.75, 3.05) is 19.8 Å². The Bertz CT molecular complexity index is 395. The second kappa shape index (κ2) is 9.53. The molecule has 0 fully saturated rings. The molecule has 0 amide bonds. The van der Waals surface area contributed by atoms with Gasteiger partial charge in [0.1, 0.15) is 5.60 Å². The van der Waals surface area contributed by atoms with E-state index in [9.17, 15) is 4.79 Å². The van der Waals surface area contributed by atoms with Gasteiger partial charge in [-0.2, -0.15) is 0 Å². The number of hydrogen-bond donors (Lipinski definition) is 0. The molecule has 0 aliphatic carbocycles. The molecule has 1 rings (SSSR count). The summed E-state index contributed by atoms with van der Waals surface area (Å²) in [7, 11) is 0. The molecule has 0 spiro atoms. The molecule has 0 aliphatic heterocycles. The van der Waals surface area contributed by atoms with Gasteiger partial charge in [0, 0.05) is 13.2 Å². The fourth-order valence-corrected chi connectivity index (χ4v) is 1.68. The number of hydrogen-bond acceptors (Lipinski definition) is 4. The summed E-state index contributed by atoms with van der Waals surface area (Å²) in [4.78, 5) is 11.4. The van der Waals surface area contributed by atoms with Crippen LogP contribution in [0.2, 0.25) is 0 Å². The highest BCUT2D eigenvalue weighted by Gasteiger charge is 2.15. The largest absolute Gasteiger partial charge is 0.460 e. The lowest BCUT2D eigenvalue weighted by molar-refractivity contribution is -0.156. The topological polar surface area (TPSA) is 44.8 Å². The summed E-state index contributed by atoms with van der Waals surface area (Å²) in [6, 6.07) is 10.1. The van der Waals surface area contributed by atoms with E-state index in [1.165, 1.54) is 5.56 Å². The Labute approximate surface area is 127 Å². The van der Waals surface area contributed by atoms with E-state index in [0.717, 1.165) is 6.42 Å². The van der Waals surface area contributed by atoms with Gasteiger partial charge in [-0.25, -0.2) is 0 Å². The molecule has 4 nitrogen and oxygen atoms in total. The lowest BCUT2D eigenvalue weighted by Gasteiger charge is -2.19. The maximum Gasteiger partial charge on any atom is 0.308 e. The first kappa shape index (κ1) is 17.7. The molecule has 4 heteroatoms. The van der Waals surface area contributed by atoms with E-state index in [0.29, 0.717) is 32.8 Å². The third-order valence-electron chi connectivity index (χ3n) is 2.56. The van der Waals surface area contributed by atoms with E-state index in [1.807, 2.05) is 51.1 Å². The molecule has 0 bridgehead atoms. The fraction of sp³-hybridized carbons (Fsp3) is 0.588. The third kappa shape index (κ3) is 10.0. The highest BCUT2D eigenvalue weighted by atomic mass is 16.6. The van der Waals surface area contributed by atoms with Gasteiger partial charge in [-0.15, -0.1) is 0 Å². The van der Waals surface area contributed by atoms with Gasteiger partial charge in [-0.3, -0.25) is 4.79 Å². The minimum absolute atomic E-state index is 0.220. The highest BCUT2D eigenvalue weighted by Crippen LogP contribution is 2.08. The average Bonchev–Trinajstić information content (AvgIpc) is 2.41. The summed E-state index contributed by atoms with van der Waals surface area (Å²) in [5.74, 6) is -0.220. The summed E-state index contributed by atoms with van der Waals surface area (Å²) in [5.41, 5.74) is 0.742. The number of rotatable bonds is 9. The predicted octanol–water partition coefficient (Wildman–Crippen LogP) is 3.34. The van der Waals surface area contributed by atoms with Gasteiger partial charge in [0.15, 0.2) is 0 Å². The van der Waals surface area contributed by atoms with Crippen LogP contribution in [-0.4, -0.2) is 31.4 Å². The first-order chi connectivity index (χ1) is 9.97. The molecule has 0 unspecified atom stereocenters. The molecule has 0 saturated heterocycles. The van der Waals surface area contributed by atoms with E-state index in [1.54, 1.807) is 0 Å². The van der Waals surface area contributed by atoms with Crippen molar-refractivity contribution in [2.45, 2.75) is 45.8 Å². The number of carbonyl (C=O) groups excluding carboxylic acids is 1. The quantitative estimate of drug-likeness (QED) is 0.517. The first-order valence-electron chi connectivity index (χ1n) is 7.38. The normalized spacial score (nSPS) is 11.4. The van der Waals surface area contributed by atoms with Crippen molar-refractivity contribution in [1.29, 1.82) is 0 Å². The fourth-order valence-electron chi connectivity index (χ4n) is 1.68. The summed E-state index contributed by atoms with van der Waals surface area (Å²) in [6.45, 7) is 7.84. The van der Waals surface area contributed by atoms with Crippen LogP contribution in [0.5, 0.6) is 0 Å². The molecule has 0 heterocycles.